The smallest absolute Gasteiger partial charge is 0.236 e. The van der Waals surface area contributed by atoms with Crippen LogP contribution in [0.25, 0.3) is 10.2 Å². The molecular formula is C17H24N4O2S2. The van der Waals surface area contributed by atoms with Crippen LogP contribution in [0, 0.1) is 20.8 Å². The van der Waals surface area contributed by atoms with Crippen molar-refractivity contribution in [3.63, 3.8) is 0 Å². The molecule has 0 spiro atoms. The number of para-hydroxylation sites is 1. The Labute approximate surface area is 153 Å². The largest absolute Gasteiger partial charge is 0.251 e. The number of anilines is 1. The van der Waals surface area contributed by atoms with Gasteiger partial charge in [0.25, 0.3) is 0 Å². The third-order valence-electron chi connectivity index (χ3n) is 2.66. The number of aryl methyl sites for hydroxylation is 3. The van der Waals surface area contributed by atoms with E-state index in [1.54, 1.807) is 31.3 Å². The SMILES string of the molecule is CC.Cc1cc(C)nc(NS(C)(=O)=O)n1.Cc1nc2ccccc2s1. The first kappa shape index (κ1) is 21.0. The second-order valence-corrected chi connectivity index (χ2v) is 8.03. The Balaban J connectivity index is 0.000000233. The van der Waals surface area contributed by atoms with Crippen molar-refractivity contribution in [2.75, 3.05) is 11.0 Å². The molecule has 0 aliphatic carbocycles. The summed E-state index contributed by atoms with van der Waals surface area (Å²) in [6.07, 6.45) is 1.06. The van der Waals surface area contributed by atoms with Gasteiger partial charge in [-0.2, -0.15) is 0 Å². The fraction of sp³-hybridized carbons (Fsp3) is 0.353. The van der Waals surface area contributed by atoms with Gasteiger partial charge in [0.2, 0.25) is 16.0 Å². The molecule has 0 bridgehead atoms. The van der Waals surface area contributed by atoms with Gasteiger partial charge in [-0.25, -0.2) is 23.4 Å². The molecule has 0 radical (unpaired) electrons. The van der Waals surface area contributed by atoms with Crippen LogP contribution in [0.15, 0.2) is 30.3 Å². The molecule has 3 rings (SSSR count). The summed E-state index contributed by atoms with van der Waals surface area (Å²) in [4.78, 5) is 12.2. The van der Waals surface area contributed by atoms with Crippen molar-refractivity contribution >= 4 is 37.5 Å². The highest BCUT2D eigenvalue weighted by molar-refractivity contribution is 7.91. The van der Waals surface area contributed by atoms with E-state index in [2.05, 4.69) is 25.7 Å². The minimum Gasteiger partial charge on any atom is -0.251 e. The van der Waals surface area contributed by atoms with E-state index in [1.165, 1.54) is 4.70 Å². The molecular weight excluding hydrogens is 356 g/mol. The molecule has 0 aliphatic rings. The van der Waals surface area contributed by atoms with Crippen LogP contribution in [0.5, 0.6) is 0 Å². The van der Waals surface area contributed by atoms with Crippen LogP contribution in [0.4, 0.5) is 5.95 Å². The molecule has 0 fully saturated rings. The van der Waals surface area contributed by atoms with Gasteiger partial charge in [-0.3, -0.25) is 4.72 Å². The fourth-order valence-corrected chi connectivity index (χ4v) is 3.17. The first-order valence-electron chi connectivity index (χ1n) is 7.85. The first-order valence-corrected chi connectivity index (χ1v) is 10.6. The van der Waals surface area contributed by atoms with Gasteiger partial charge in [0.05, 0.1) is 21.5 Å². The normalized spacial score (nSPS) is 10.3. The third kappa shape index (κ3) is 7.57. The lowest BCUT2D eigenvalue weighted by molar-refractivity contribution is 0.606. The highest BCUT2D eigenvalue weighted by atomic mass is 32.2. The zero-order chi connectivity index (χ0) is 19.0. The van der Waals surface area contributed by atoms with Crippen molar-refractivity contribution < 1.29 is 8.42 Å². The van der Waals surface area contributed by atoms with Crippen LogP contribution in [0.2, 0.25) is 0 Å². The van der Waals surface area contributed by atoms with E-state index in [0.29, 0.717) is 0 Å². The first-order chi connectivity index (χ1) is 11.7. The van der Waals surface area contributed by atoms with Crippen LogP contribution >= 0.6 is 11.3 Å². The lowest BCUT2D eigenvalue weighted by atomic mass is 10.3. The number of nitrogens with one attached hydrogen (secondary N) is 1. The summed E-state index contributed by atoms with van der Waals surface area (Å²) in [7, 11) is -3.29. The Morgan fingerprint density at radius 2 is 1.52 bits per heavy atom. The van der Waals surface area contributed by atoms with Gasteiger partial charge in [-0.15, -0.1) is 11.3 Å². The molecule has 0 amide bonds. The summed E-state index contributed by atoms with van der Waals surface area (Å²) in [5, 5.41) is 1.14. The number of thiazole rings is 1. The van der Waals surface area contributed by atoms with E-state index >= 15 is 0 Å². The summed E-state index contributed by atoms with van der Waals surface area (Å²) >= 11 is 1.74. The fourth-order valence-electron chi connectivity index (χ4n) is 1.92. The Bertz CT molecular complexity index is 868. The quantitative estimate of drug-likeness (QED) is 0.723. The summed E-state index contributed by atoms with van der Waals surface area (Å²) in [5.74, 6) is 0.125. The number of benzene rings is 1. The van der Waals surface area contributed by atoms with E-state index in [4.69, 9.17) is 0 Å². The number of hydrogen-bond donors (Lipinski definition) is 1. The average molecular weight is 381 g/mol. The highest BCUT2D eigenvalue weighted by Crippen LogP contribution is 2.19. The van der Waals surface area contributed by atoms with Crippen molar-refractivity contribution in [3.05, 3.63) is 46.7 Å². The number of nitrogens with zero attached hydrogens (tertiary/aromatic N) is 3. The number of aromatic nitrogens is 3. The van der Waals surface area contributed by atoms with Gasteiger partial charge in [0.15, 0.2) is 0 Å². The molecule has 25 heavy (non-hydrogen) atoms. The molecule has 0 saturated carbocycles. The summed E-state index contributed by atoms with van der Waals surface area (Å²) in [6.45, 7) is 9.59. The van der Waals surface area contributed by atoms with E-state index < -0.39 is 10.0 Å². The van der Waals surface area contributed by atoms with E-state index in [0.717, 1.165) is 28.2 Å². The number of fused-ring (bicyclic) bond motifs is 1. The molecule has 0 aliphatic heterocycles. The Kier molecular flexibility index (Phi) is 7.92. The van der Waals surface area contributed by atoms with Crippen molar-refractivity contribution in [1.29, 1.82) is 0 Å². The van der Waals surface area contributed by atoms with E-state index in [1.807, 2.05) is 39.0 Å². The maximum Gasteiger partial charge on any atom is 0.236 e. The second kappa shape index (κ2) is 9.43. The lowest BCUT2D eigenvalue weighted by Gasteiger charge is -2.03. The molecule has 6 nitrogen and oxygen atoms in total. The van der Waals surface area contributed by atoms with E-state index in [9.17, 15) is 8.42 Å². The minimum atomic E-state index is -3.29. The predicted octanol–water partition coefficient (Wildman–Crippen LogP) is 4.10. The number of rotatable bonds is 2. The zero-order valence-electron chi connectivity index (χ0n) is 15.4. The molecule has 8 heteroatoms. The summed E-state index contributed by atoms with van der Waals surface area (Å²) in [6, 6.07) is 9.97. The van der Waals surface area contributed by atoms with Crippen LogP contribution in [-0.2, 0) is 10.0 Å². The van der Waals surface area contributed by atoms with Crippen molar-refractivity contribution in [1.82, 2.24) is 15.0 Å². The monoisotopic (exact) mass is 380 g/mol. The highest BCUT2D eigenvalue weighted by Gasteiger charge is 2.04. The van der Waals surface area contributed by atoms with Gasteiger partial charge < -0.3 is 0 Å². The molecule has 136 valence electrons. The molecule has 0 saturated heterocycles. The topological polar surface area (TPSA) is 84.8 Å². The Morgan fingerprint density at radius 1 is 0.960 bits per heavy atom. The molecule has 0 atom stereocenters. The van der Waals surface area contributed by atoms with Gasteiger partial charge in [0.1, 0.15) is 0 Å². The maximum atomic E-state index is 10.8. The summed E-state index contributed by atoms with van der Waals surface area (Å²) < 4.78 is 25.2. The Hall–Kier alpha value is -2.06. The van der Waals surface area contributed by atoms with Crippen LogP contribution in [-0.4, -0.2) is 29.6 Å². The molecule has 2 aromatic heterocycles. The van der Waals surface area contributed by atoms with Gasteiger partial charge in [-0.1, -0.05) is 26.0 Å². The number of hydrogen-bond acceptors (Lipinski definition) is 6. The average Bonchev–Trinajstić information content (AvgIpc) is 2.87. The van der Waals surface area contributed by atoms with Crippen molar-refractivity contribution in [3.8, 4) is 0 Å². The predicted molar refractivity (Wildman–Crippen MR) is 106 cm³/mol. The molecule has 0 unspecified atom stereocenters. The molecule has 1 N–H and O–H groups in total. The number of sulfonamides is 1. The maximum absolute atomic E-state index is 10.8. The van der Waals surface area contributed by atoms with Crippen molar-refractivity contribution in [2.45, 2.75) is 34.6 Å². The van der Waals surface area contributed by atoms with Crippen molar-refractivity contribution in [2.24, 2.45) is 0 Å². The van der Waals surface area contributed by atoms with Crippen LogP contribution in [0.3, 0.4) is 0 Å². The van der Waals surface area contributed by atoms with E-state index in [-0.39, 0.29) is 5.95 Å². The zero-order valence-corrected chi connectivity index (χ0v) is 17.0. The second-order valence-electron chi connectivity index (χ2n) is 5.05. The minimum absolute atomic E-state index is 0.125. The standard InChI is InChI=1S/C8H7NS.C7H11N3O2S.C2H6/c1-6-9-7-4-2-3-5-8(7)10-6;1-5-4-6(2)9-7(8-5)10-13(3,11)12;1-2/h2-5H,1H3;4H,1-3H3,(H,8,9,10);1-2H3. The van der Waals surface area contributed by atoms with Gasteiger partial charge >= 0.3 is 0 Å². The van der Waals surface area contributed by atoms with Crippen LogP contribution in [0.1, 0.15) is 30.2 Å². The van der Waals surface area contributed by atoms with Crippen LogP contribution < -0.4 is 4.72 Å². The third-order valence-corrected chi connectivity index (χ3v) is 4.16. The molecule has 2 heterocycles. The van der Waals surface area contributed by atoms with Gasteiger partial charge in [-0.05, 0) is 39.0 Å². The summed E-state index contributed by atoms with van der Waals surface area (Å²) in [5.41, 5.74) is 2.59. The lowest BCUT2D eigenvalue weighted by Crippen LogP contribution is -2.13. The van der Waals surface area contributed by atoms with Gasteiger partial charge in [0, 0.05) is 11.4 Å². The molecule has 3 aromatic rings. The Morgan fingerprint density at radius 3 is 2.04 bits per heavy atom. The molecule has 1 aromatic carbocycles.